The van der Waals surface area contributed by atoms with E-state index in [0.29, 0.717) is 17.8 Å². The lowest BCUT2D eigenvalue weighted by Gasteiger charge is -2.32. The van der Waals surface area contributed by atoms with Crippen molar-refractivity contribution in [2.45, 2.75) is 6.61 Å². The van der Waals surface area contributed by atoms with Crippen LogP contribution in [0, 0.1) is 0 Å². The van der Waals surface area contributed by atoms with Gasteiger partial charge in [-0.2, -0.15) is 15.0 Å². The van der Waals surface area contributed by atoms with Gasteiger partial charge in [0.1, 0.15) is 0 Å². The Labute approximate surface area is 199 Å². The van der Waals surface area contributed by atoms with Crippen LogP contribution in [-0.2, 0) is 6.61 Å². The normalized spacial score (nSPS) is 14.4. The number of nitrogens with one attached hydrogen (secondary N) is 2. The maximum Gasteiger partial charge on any atom is 0.235 e. The van der Waals surface area contributed by atoms with Gasteiger partial charge >= 0.3 is 0 Å². The van der Waals surface area contributed by atoms with E-state index in [2.05, 4.69) is 58.9 Å². The smallest absolute Gasteiger partial charge is 0.235 e. The fourth-order valence-corrected chi connectivity index (χ4v) is 5.04. The first-order chi connectivity index (χ1) is 16.2. The van der Waals surface area contributed by atoms with E-state index >= 15 is 0 Å². The third-order valence-electron chi connectivity index (χ3n) is 5.29. The molecule has 1 aliphatic rings. The number of anilines is 5. The number of thiophene rings is 1. The van der Waals surface area contributed by atoms with Gasteiger partial charge in [-0.1, -0.05) is 29.5 Å². The summed E-state index contributed by atoms with van der Waals surface area (Å²) in [6.07, 6.45) is 1.86. The van der Waals surface area contributed by atoms with Crippen molar-refractivity contribution < 1.29 is 5.11 Å². The molecule has 9 nitrogen and oxygen atoms in total. The van der Waals surface area contributed by atoms with Gasteiger partial charge in [-0.3, -0.25) is 5.32 Å². The van der Waals surface area contributed by atoms with Crippen LogP contribution in [0.15, 0.2) is 48.0 Å². The van der Waals surface area contributed by atoms with E-state index in [0.717, 1.165) is 47.4 Å². The predicted molar refractivity (Wildman–Crippen MR) is 134 cm³/mol. The van der Waals surface area contributed by atoms with Crippen LogP contribution in [0.25, 0.3) is 9.75 Å². The Bertz CT molecular complexity index is 1190. The molecule has 33 heavy (non-hydrogen) atoms. The minimum Gasteiger partial charge on any atom is -0.392 e. The molecule has 11 heteroatoms. The van der Waals surface area contributed by atoms with Crippen LogP contribution in [0.1, 0.15) is 5.56 Å². The number of aromatic nitrogens is 4. The molecule has 3 aromatic heterocycles. The van der Waals surface area contributed by atoms with E-state index in [1.165, 1.54) is 4.88 Å². The van der Waals surface area contributed by atoms with Crippen LogP contribution < -0.4 is 15.5 Å². The minimum atomic E-state index is 0.00886. The van der Waals surface area contributed by atoms with E-state index in [1.807, 2.05) is 36.5 Å². The van der Waals surface area contributed by atoms with E-state index < -0.39 is 0 Å². The summed E-state index contributed by atoms with van der Waals surface area (Å²) in [5, 5.41) is 18.6. The van der Waals surface area contributed by atoms with Gasteiger partial charge in [0.05, 0.1) is 11.5 Å². The maximum absolute atomic E-state index is 9.28. The number of thiazole rings is 1. The summed E-state index contributed by atoms with van der Waals surface area (Å²) in [5.74, 6) is 1.53. The molecular weight excluding hydrogens is 456 g/mol. The molecule has 0 saturated carbocycles. The number of piperazine rings is 1. The number of hydrogen-bond donors (Lipinski definition) is 3. The summed E-state index contributed by atoms with van der Waals surface area (Å²) < 4.78 is 0. The summed E-state index contributed by atoms with van der Waals surface area (Å²) in [4.78, 5) is 25.2. The summed E-state index contributed by atoms with van der Waals surface area (Å²) >= 11 is 3.25. The lowest BCUT2D eigenvalue weighted by molar-refractivity contribution is 0.282. The number of nitrogens with zero attached hydrogens (tertiary/aromatic N) is 6. The minimum absolute atomic E-state index is 0.00886. The average Bonchev–Trinajstić information content (AvgIpc) is 3.52. The molecule has 0 radical (unpaired) electrons. The van der Waals surface area contributed by atoms with Gasteiger partial charge in [0, 0.05) is 42.9 Å². The number of aliphatic hydroxyl groups is 1. The van der Waals surface area contributed by atoms with Crippen LogP contribution in [-0.4, -0.2) is 63.2 Å². The van der Waals surface area contributed by atoms with Crippen LogP contribution in [0.2, 0.25) is 0 Å². The van der Waals surface area contributed by atoms with E-state index in [4.69, 9.17) is 0 Å². The lowest BCUT2D eigenvalue weighted by atomic mass is 10.2. The number of likely N-dealkylation sites (N-methyl/N-ethyl adjacent to an activating group) is 1. The highest BCUT2D eigenvalue weighted by atomic mass is 32.1. The first-order valence-electron chi connectivity index (χ1n) is 10.6. The summed E-state index contributed by atoms with van der Waals surface area (Å²) in [6.45, 7) is 3.62. The molecule has 1 aromatic carbocycles. The second kappa shape index (κ2) is 9.79. The molecule has 5 rings (SSSR count). The van der Waals surface area contributed by atoms with Gasteiger partial charge in [-0.05, 0) is 36.2 Å². The zero-order valence-corrected chi connectivity index (χ0v) is 19.7. The molecular formula is C22H24N8OS2. The zero-order valence-electron chi connectivity index (χ0n) is 18.1. The van der Waals surface area contributed by atoms with E-state index in [9.17, 15) is 5.11 Å². The molecule has 0 aliphatic carbocycles. The SMILES string of the molecule is CN1CCN(c2nc(Nc3ccc(CO)cc3)nc(Nc3ncc(-c4cccs4)s3)n2)CC1. The number of hydrogen-bond acceptors (Lipinski definition) is 11. The molecule has 0 spiro atoms. The molecule has 0 atom stereocenters. The molecule has 1 fully saturated rings. The van der Waals surface area contributed by atoms with Gasteiger partial charge < -0.3 is 20.2 Å². The van der Waals surface area contributed by atoms with Crippen LogP contribution in [0.4, 0.5) is 28.7 Å². The lowest BCUT2D eigenvalue weighted by Crippen LogP contribution is -2.45. The Kier molecular flexibility index (Phi) is 6.44. The molecule has 0 amide bonds. The first kappa shape index (κ1) is 21.7. The molecule has 0 unspecified atom stereocenters. The highest BCUT2D eigenvalue weighted by Gasteiger charge is 2.19. The molecule has 1 saturated heterocycles. The van der Waals surface area contributed by atoms with Crippen LogP contribution >= 0.6 is 22.7 Å². The van der Waals surface area contributed by atoms with Gasteiger partial charge in [-0.25, -0.2) is 4.98 Å². The van der Waals surface area contributed by atoms with Crippen molar-refractivity contribution in [2.24, 2.45) is 0 Å². The Morgan fingerprint density at radius 1 is 0.939 bits per heavy atom. The fraction of sp³-hybridized carbons (Fsp3) is 0.273. The number of rotatable bonds is 7. The standard InChI is InChI=1S/C22H24N8OS2/c1-29-8-10-30(11-9-29)21-26-19(24-16-6-4-15(14-31)5-7-16)25-20(27-21)28-22-23-13-18(33-22)17-3-2-12-32-17/h2-7,12-13,31H,8-11,14H2,1H3,(H2,23,24,25,26,27,28). The van der Waals surface area contributed by atoms with Gasteiger partial charge in [0.25, 0.3) is 0 Å². The van der Waals surface area contributed by atoms with Crippen molar-refractivity contribution in [3.63, 3.8) is 0 Å². The summed E-state index contributed by atoms with van der Waals surface area (Å²) in [7, 11) is 2.12. The highest BCUT2D eigenvalue weighted by Crippen LogP contribution is 2.33. The molecule has 3 N–H and O–H groups in total. The fourth-order valence-electron chi connectivity index (χ4n) is 3.41. The highest BCUT2D eigenvalue weighted by molar-refractivity contribution is 7.23. The first-order valence-corrected chi connectivity index (χ1v) is 12.3. The van der Waals surface area contributed by atoms with Crippen molar-refractivity contribution in [3.8, 4) is 9.75 Å². The van der Waals surface area contributed by atoms with Crippen LogP contribution in [0.3, 0.4) is 0 Å². The van der Waals surface area contributed by atoms with Crippen LogP contribution in [0.5, 0.6) is 0 Å². The molecule has 0 bridgehead atoms. The third kappa shape index (κ3) is 5.28. The Balaban J connectivity index is 1.41. The van der Waals surface area contributed by atoms with E-state index in [1.54, 1.807) is 22.7 Å². The van der Waals surface area contributed by atoms with Gasteiger partial charge in [-0.15, -0.1) is 11.3 Å². The monoisotopic (exact) mass is 480 g/mol. The van der Waals surface area contributed by atoms with Crippen molar-refractivity contribution in [1.29, 1.82) is 0 Å². The largest absolute Gasteiger partial charge is 0.392 e. The maximum atomic E-state index is 9.28. The Hall–Kier alpha value is -3.12. The molecule has 4 heterocycles. The molecule has 4 aromatic rings. The van der Waals surface area contributed by atoms with Gasteiger partial charge in [0.2, 0.25) is 17.8 Å². The summed E-state index contributed by atoms with van der Waals surface area (Å²) in [6, 6.07) is 11.6. The number of aliphatic hydroxyl groups excluding tert-OH is 1. The van der Waals surface area contributed by atoms with Crippen molar-refractivity contribution in [1.82, 2.24) is 24.8 Å². The van der Waals surface area contributed by atoms with Crippen molar-refractivity contribution >= 4 is 51.3 Å². The molecule has 170 valence electrons. The zero-order chi connectivity index (χ0) is 22.6. The Morgan fingerprint density at radius 3 is 2.39 bits per heavy atom. The topological polar surface area (TPSA) is 102 Å². The third-order valence-corrected chi connectivity index (χ3v) is 7.27. The van der Waals surface area contributed by atoms with E-state index in [-0.39, 0.29) is 6.61 Å². The number of benzene rings is 1. The predicted octanol–water partition coefficient (Wildman–Crippen LogP) is 3.79. The Morgan fingerprint density at radius 2 is 1.70 bits per heavy atom. The second-order valence-corrected chi connectivity index (χ2v) is 9.66. The quantitative estimate of drug-likeness (QED) is 0.365. The van der Waals surface area contributed by atoms with Crippen molar-refractivity contribution in [2.75, 3.05) is 48.8 Å². The van der Waals surface area contributed by atoms with Crippen molar-refractivity contribution in [3.05, 3.63) is 53.5 Å². The second-order valence-electron chi connectivity index (χ2n) is 7.68. The average molecular weight is 481 g/mol. The summed E-state index contributed by atoms with van der Waals surface area (Å²) in [5.41, 5.74) is 1.69. The van der Waals surface area contributed by atoms with Gasteiger partial charge in [0.15, 0.2) is 5.13 Å². The molecule has 1 aliphatic heterocycles.